The van der Waals surface area contributed by atoms with Crippen LogP contribution in [-0.4, -0.2) is 25.3 Å². The molecule has 0 aliphatic heterocycles. The minimum atomic E-state index is -4.43. The van der Waals surface area contributed by atoms with Gasteiger partial charge in [-0.15, -0.1) is 0 Å². The Morgan fingerprint density at radius 1 is 1.40 bits per heavy atom. The van der Waals surface area contributed by atoms with Gasteiger partial charge in [0.1, 0.15) is 0 Å². The molecule has 0 aliphatic carbocycles. The molecule has 0 fully saturated rings. The van der Waals surface area contributed by atoms with E-state index in [2.05, 4.69) is 9.98 Å². The lowest BCUT2D eigenvalue weighted by atomic mass is 10.6. The molecule has 0 saturated heterocycles. The Kier molecular flexibility index (Phi) is 3.05. The molecule has 0 radical (unpaired) electrons. The minimum absolute atomic E-state index is 1.05. The molecule has 0 amide bonds. The Labute approximate surface area is 56.5 Å². The predicted molar refractivity (Wildman–Crippen MR) is 33.6 cm³/mol. The number of rotatable bonds is 0. The zero-order chi connectivity index (χ0) is 8.20. The van der Waals surface area contributed by atoms with Gasteiger partial charge in [0.05, 0.1) is 0 Å². The fourth-order valence-corrected chi connectivity index (χ4v) is 0.380. The number of halogens is 3. The molecule has 0 aromatic carbocycles. The van der Waals surface area contributed by atoms with Gasteiger partial charge in [-0.2, -0.15) is 13.2 Å². The Morgan fingerprint density at radius 2 is 1.90 bits per heavy atom. The lowest BCUT2D eigenvalue weighted by Gasteiger charge is -2.02. The Hall–Kier alpha value is -0.870. The van der Waals surface area contributed by atoms with E-state index in [0.29, 0.717) is 0 Å². The molecule has 5 heteroatoms. The van der Waals surface area contributed by atoms with Gasteiger partial charge in [0.25, 0.3) is 0 Å². The van der Waals surface area contributed by atoms with Crippen molar-refractivity contribution in [3.63, 3.8) is 0 Å². The van der Waals surface area contributed by atoms with Crippen molar-refractivity contribution < 1.29 is 13.2 Å². The van der Waals surface area contributed by atoms with Crippen LogP contribution in [0.5, 0.6) is 0 Å². The van der Waals surface area contributed by atoms with E-state index in [1.54, 1.807) is 0 Å². The van der Waals surface area contributed by atoms with E-state index >= 15 is 0 Å². The summed E-state index contributed by atoms with van der Waals surface area (Å²) in [7, 11) is 1.05. The van der Waals surface area contributed by atoms with Crippen LogP contribution >= 0.6 is 0 Å². The molecule has 0 aromatic rings. The first kappa shape index (κ1) is 9.13. The third-order valence-electron chi connectivity index (χ3n) is 0.717. The van der Waals surface area contributed by atoms with Crippen LogP contribution in [0.25, 0.3) is 0 Å². The van der Waals surface area contributed by atoms with Crippen LogP contribution < -0.4 is 0 Å². The summed E-state index contributed by atoms with van der Waals surface area (Å²) in [5, 5.41) is 0. The zero-order valence-corrected chi connectivity index (χ0v) is 5.61. The van der Waals surface area contributed by atoms with Gasteiger partial charge in [-0.1, -0.05) is 0 Å². The van der Waals surface area contributed by atoms with Crippen LogP contribution in [0.1, 0.15) is 6.92 Å². The maximum atomic E-state index is 11.7. The first-order chi connectivity index (χ1) is 4.52. The van der Waals surface area contributed by atoms with E-state index in [4.69, 9.17) is 0 Å². The molecule has 0 spiro atoms. The third-order valence-corrected chi connectivity index (χ3v) is 0.717. The summed E-state index contributed by atoms with van der Waals surface area (Å²) in [6.07, 6.45) is -3.38. The lowest BCUT2D eigenvalue weighted by Crippen LogP contribution is -2.20. The molecule has 0 bridgehead atoms. The molecule has 0 heterocycles. The summed E-state index contributed by atoms with van der Waals surface area (Å²) in [6.45, 7) is 1.40. The number of nitrogens with zero attached hydrogens (tertiary/aromatic N) is 2. The second-order valence-corrected chi connectivity index (χ2v) is 1.43. The molecule has 0 unspecified atom stereocenters. The van der Waals surface area contributed by atoms with Gasteiger partial charge >= 0.3 is 6.18 Å². The van der Waals surface area contributed by atoms with Crippen molar-refractivity contribution in [2.45, 2.75) is 13.1 Å². The van der Waals surface area contributed by atoms with Crippen LogP contribution in [0.2, 0.25) is 0 Å². The molecule has 0 rings (SSSR count). The molecule has 0 N–H and O–H groups in total. The van der Waals surface area contributed by atoms with E-state index < -0.39 is 12.0 Å². The summed E-state index contributed by atoms with van der Waals surface area (Å²) in [5.74, 6) is -1.10. The summed E-state index contributed by atoms with van der Waals surface area (Å²) < 4.78 is 35.0. The first-order valence-electron chi connectivity index (χ1n) is 2.55. The molecule has 10 heavy (non-hydrogen) atoms. The van der Waals surface area contributed by atoms with E-state index in [1.165, 1.54) is 6.92 Å². The molecule has 0 atom stereocenters. The first-order valence-corrected chi connectivity index (χ1v) is 2.55. The number of amidine groups is 1. The number of hydrogen-bond acceptors (Lipinski definition) is 1. The van der Waals surface area contributed by atoms with Gasteiger partial charge in [0.15, 0.2) is 0 Å². The number of aliphatic imine (C=N–C) groups is 2. The average molecular weight is 152 g/mol. The maximum Gasteiger partial charge on any atom is 0.451 e. The van der Waals surface area contributed by atoms with Crippen molar-refractivity contribution in [3.8, 4) is 0 Å². The van der Waals surface area contributed by atoms with E-state index in [-0.39, 0.29) is 0 Å². The van der Waals surface area contributed by atoms with Gasteiger partial charge in [0.2, 0.25) is 5.84 Å². The van der Waals surface area contributed by atoms with Gasteiger partial charge in [-0.25, -0.2) is 4.99 Å². The Morgan fingerprint density at radius 3 is 2.00 bits per heavy atom. The Bertz CT molecular complexity index is 157. The molecular formula is C5H7F3N2. The van der Waals surface area contributed by atoms with E-state index in [9.17, 15) is 13.2 Å². The Balaban J connectivity index is 4.39. The third kappa shape index (κ3) is 2.61. The largest absolute Gasteiger partial charge is 0.451 e. The van der Waals surface area contributed by atoms with Gasteiger partial charge in [-0.3, -0.25) is 4.99 Å². The number of alkyl halides is 3. The smallest absolute Gasteiger partial charge is 0.266 e. The van der Waals surface area contributed by atoms with Crippen LogP contribution in [-0.2, 0) is 0 Å². The van der Waals surface area contributed by atoms with Crippen molar-refractivity contribution in [3.05, 3.63) is 0 Å². The molecule has 0 saturated carbocycles. The molecule has 0 aliphatic rings. The SMILES string of the molecule is CC=NC(=NC)C(F)(F)F. The molecule has 58 valence electrons. The molecule has 0 aromatic heterocycles. The highest BCUT2D eigenvalue weighted by Crippen LogP contribution is 2.17. The monoisotopic (exact) mass is 152 g/mol. The van der Waals surface area contributed by atoms with Gasteiger partial charge in [-0.05, 0) is 6.92 Å². The predicted octanol–water partition coefficient (Wildman–Crippen LogP) is 1.67. The van der Waals surface area contributed by atoms with Crippen molar-refractivity contribution in [1.82, 2.24) is 0 Å². The highest BCUT2D eigenvalue weighted by Gasteiger charge is 2.34. The van der Waals surface area contributed by atoms with Crippen LogP contribution in [0.4, 0.5) is 13.2 Å². The summed E-state index contributed by atoms with van der Waals surface area (Å²) in [4.78, 5) is 5.96. The van der Waals surface area contributed by atoms with Crippen LogP contribution in [0.15, 0.2) is 9.98 Å². The fraction of sp³-hybridized carbons (Fsp3) is 0.600. The van der Waals surface area contributed by atoms with E-state index in [0.717, 1.165) is 13.3 Å². The summed E-state index contributed by atoms with van der Waals surface area (Å²) >= 11 is 0. The average Bonchev–Trinajstić information content (AvgIpc) is 1.80. The van der Waals surface area contributed by atoms with Crippen molar-refractivity contribution in [2.75, 3.05) is 7.05 Å². The normalized spacial score (nSPS) is 14.7. The van der Waals surface area contributed by atoms with Crippen LogP contribution in [0, 0.1) is 0 Å². The fourth-order valence-electron chi connectivity index (χ4n) is 0.380. The molecule has 2 nitrogen and oxygen atoms in total. The minimum Gasteiger partial charge on any atom is -0.266 e. The van der Waals surface area contributed by atoms with Crippen LogP contribution in [0.3, 0.4) is 0 Å². The quantitative estimate of drug-likeness (QED) is 0.372. The van der Waals surface area contributed by atoms with Gasteiger partial charge in [0, 0.05) is 13.3 Å². The summed E-state index contributed by atoms with van der Waals surface area (Å²) in [6, 6.07) is 0. The number of hydrogen-bond donors (Lipinski definition) is 0. The summed E-state index contributed by atoms with van der Waals surface area (Å²) in [5.41, 5.74) is 0. The highest BCUT2D eigenvalue weighted by molar-refractivity contribution is 5.93. The van der Waals surface area contributed by atoms with E-state index in [1.807, 2.05) is 0 Å². The standard InChI is InChI=1S/C5H7F3N2/c1-3-10-4(9-2)5(6,7)8/h3H,1-2H3. The van der Waals surface area contributed by atoms with Crippen molar-refractivity contribution in [2.24, 2.45) is 9.98 Å². The second-order valence-electron chi connectivity index (χ2n) is 1.43. The van der Waals surface area contributed by atoms with Gasteiger partial charge < -0.3 is 0 Å². The zero-order valence-electron chi connectivity index (χ0n) is 5.61. The van der Waals surface area contributed by atoms with Crippen molar-refractivity contribution >= 4 is 12.1 Å². The maximum absolute atomic E-state index is 11.7. The second kappa shape index (κ2) is 3.34. The topological polar surface area (TPSA) is 24.7 Å². The highest BCUT2D eigenvalue weighted by atomic mass is 19.4. The molecular weight excluding hydrogens is 145 g/mol. The lowest BCUT2D eigenvalue weighted by molar-refractivity contribution is -0.0597. The van der Waals surface area contributed by atoms with Crippen molar-refractivity contribution in [1.29, 1.82) is 0 Å².